The summed E-state index contributed by atoms with van der Waals surface area (Å²) < 4.78 is 33.1. The molecule has 0 atom stereocenters. The van der Waals surface area contributed by atoms with E-state index in [4.69, 9.17) is 4.74 Å². The molecule has 1 saturated heterocycles. The van der Waals surface area contributed by atoms with Gasteiger partial charge in [0.15, 0.2) is 0 Å². The van der Waals surface area contributed by atoms with Gasteiger partial charge in [0.2, 0.25) is 15.9 Å². The Labute approximate surface area is 193 Å². The first kappa shape index (κ1) is 22.8. The maximum atomic E-state index is 12.9. The Morgan fingerprint density at radius 2 is 1.73 bits per heavy atom. The molecule has 8 heteroatoms. The fourth-order valence-corrected chi connectivity index (χ4v) is 5.69. The monoisotopic (exact) mass is 463 g/mol. The number of sulfonamides is 1. The molecule has 4 rings (SSSR count). The zero-order valence-electron chi connectivity index (χ0n) is 18.1. The van der Waals surface area contributed by atoms with Gasteiger partial charge in [-0.2, -0.15) is 9.57 Å². The number of piperidine rings is 1. The van der Waals surface area contributed by atoms with E-state index in [-0.39, 0.29) is 35.4 Å². The van der Waals surface area contributed by atoms with E-state index in [1.807, 2.05) is 48.5 Å². The molecule has 1 aliphatic rings. The second kappa shape index (κ2) is 10.0. The van der Waals surface area contributed by atoms with Crippen LogP contribution in [0.15, 0.2) is 71.6 Å². The summed E-state index contributed by atoms with van der Waals surface area (Å²) in [5, 5.41) is 14.2. The molecule has 0 spiro atoms. The van der Waals surface area contributed by atoms with Crippen LogP contribution in [-0.4, -0.2) is 44.9 Å². The first-order chi connectivity index (χ1) is 16.0. The van der Waals surface area contributed by atoms with E-state index in [1.165, 1.54) is 16.4 Å². The Balaban J connectivity index is 1.27. The van der Waals surface area contributed by atoms with Gasteiger partial charge in [0.05, 0.1) is 17.0 Å². The fraction of sp³-hybridized carbons (Fsp3) is 0.280. The van der Waals surface area contributed by atoms with Gasteiger partial charge in [0.1, 0.15) is 18.4 Å². The summed E-state index contributed by atoms with van der Waals surface area (Å²) in [6.45, 7) is 1.20. The minimum atomic E-state index is -3.76. The van der Waals surface area contributed by atoms with Gasteiger partial charge in [-0.25, -0.2) is 8.42 Å². The number of hydrogen-bond donors (Lipinski definition) is 1. The van der Waals surface area contributed by atoms with Gasteiger partial charge in [-0.1, -0.05) is 48.5 Å². The smallest absolute Gasteiger partial charge is 0.244 e. The van der Waals surface area contributed by atoms with Crippen LogP contribution in [0.2, 0.25) is 0 Å². The number of carbonyl (C=O) groups is 1. The standard InChI is InChI=1S/C25H25N3O4S/c26-18-21-7-2-4-11-24(21)33(30,31)28-15-12-20(13-16-28)25(29)27-14-17-32-23-10-5-8-19-6-1-3-9-22(19)23/h1-11,20H,12-17H2,(H,27,29). The molecule has 1 N–H and O–H groups in total. The number of fused-ring (bicyclic) bond motifs is 1. The molecule has 0 unspecified atom stereocenters. The van der Waals surface area contributed by atoms with Crippen LogP contribution in [0.3, 0.4) is 0 Å². The SMILES string of the molecule is N#Cc1ccccc1S(=O)(=O)N1CCC(C(=O)NCCOc2cccc3ccccc23)CC1. The number of benzene rings is 3. The molecule has 1 heterocycles. The van der Waals surface area contributed by atoms with E-state index in [0.717, 1.165) is 16.5 Å². The average Bonchev–Trinajstić information content (AvgIpc) is 2.86. The number of rotatable bonds is 7. The Morgan fingerprint density at radius 1 is 1.03 bits per heavy atom. The number of hydrogen-bond acceptors (Lipinski definition) is 5. The van der Waals surface area contributed by atoms with Gasteiger partial charge >= 0.3 is 0 Å². The second-order valence-electron chi connectivity index (χ2n) is 7.90. The number of ether oxygens (including phenoxy) is 1. The number of carbonyl (C=O) groups excluding carboxylic acids is 1. The molecule has 0 aliphatic carbocycles. The van der Waals surface area contributed by atoms with Gasteiger partial charge < -0.3 is 10.1 Å². The van der Waals surface area contributed by atoms with E-state index in [9.17, 15) is 18.5 Å². The van der Waals surface area contributed by atoms with Gasteiger partial charge in [0.25, 0.3) is 0 Å². The van der Waals surface area contributed by atoms with Crippen LogP contribution in [-0.2, 0) is 14.8 Å². The van der Waals surface area contributed by atoms with E-state index in [1.54, 1.807) is 12.1 Å². The van der Waals surface area contributed by atoms with Crippen LogP contribution in [0, 0.1) is 17.2 Å². The Morgan fingerprint density at radius 3 is 2.52 bits per heavy atom. The lowest BCUT2D eigenvalue weighted by atomic mass is 9.97. The van der Waals surface area contributed by atoms with Crippen molar-refractivity contribution in [3.05, 3.63) is 72.3 Å². The van der Waals surface area contributed by atoms with E-state index in [0.29, 0.717) is 26.0 Å². The van der Waals surface area contributed by atoms with Crippen LogP contribution in [0.25, 0.3) is 10.8 Å². The van der Waals surface area contributed by atoms with Crippen molar-refractivity contribution in [1.29, 1.82) is 5.26 Å². The van der Waals surface area contributed by atoms with Crippen molar-refractivity contribution in [2.45, 2.75) is 17.7 Å². The summed E-state index contributed by atoms with van der Waals surface area (Å²) in [5.41, 5.74) is 0.128. The predicted molar refractivity (Wildman–Crippen MR) is 125 cm³/mol. The summed E-state index contributed by atoms with van der Waals surface area (Å²) in [6.07, 6.45) is 0.869. The third-order valence-corrected chi connectivity index (χ3v) is 7.82. The molecule has 0 saturated carbocycles. The lowest BCUT2D eigenvalue weighted by Crippen LogP contribution is -2.43. The number of nitriles is 1. The molecule has 1 fully saturated rings. The lowest BCUT2D eigenvalue weighted by molar-refractivity contribution is -0.126. The highest BCUT2D eigenvalue weighted by molar-refractivity contribution is 7.89. The van der Waals surface area contributed by atoms with Crippen LogP contribution in [0.1, 0.15) is 18.4 Å². The Hall–Kier alpha value is -3.41. The molecule has 3 aromatic carbocycles. The van der Waals surface area contributed by atoms with Crippen LogP contribution >= 0.6 is 0 Å². The van der Waals surface area contributed by atoms with Gasteiger partial charge in [-0.3, -0.25) is 4.79 Å². The summed E-state index contributed by atoms with van der Waals surface area (Å²) >= 11 is 0. The summed E-state index contributed by atoms with van der Waals surface area (Å²) in [4.78, 5) is 12.6. The van der Waals surface area contributed by atoms with Crippen molar-refractivity contribution in [3.8, 4) is 11.8 Å². The van der Waals surface area contributed by atoms with Crippen molar-refractivity contribution in [2.75, 3.05) is 26.2 Å². The maximum Gasteiger partial charge on any atom is 0.244 e. The Bertz CT molecular complexity index is 1290. The second-order valence-corrected chi connectivity index (χ2v) is 9.81. The van der Waals surface area contributed by atoms with Crippen molar-refractivity contribution >= 4 is 26.7 Å². The summed E-state index contributed by atoms with van der Waals surface area (Å²) in [5.74, 6) is 0.435. The highest BCUT2D eigenvalue weighted by Crippen LogP contribution is 2.26. The van der Waals surface area contributed by atoms with Gasteiger partial charge in [0, 0.05) is 24.4 Å². The molecular weight excluding hydrogens is 438 g/mol. The highest BCUT2D eigenvalue weighted by Gasteiger charge is 2.33. The van der Waals surface area contributed by atoms with Crippen LogP contribution in [0.4, 0.5) is 0 Å². The maximum absolute atomic E-state index is 12.9. The number of nitrogens with one attached hydrogen (secondary N) is 1. The largest absolute Gasteiger partial charge is 0.491 e. The zero-order valence-corrected chi connectivity index (χ0v) is 18.9. The number of nitrogens with zero attached hydrogens (tertiary/aromatic N) is 2. The lowest BCUT2D eigenvalue weighted by Gasteiger charge is -2.30. The van der Waals surface area contributed by atoms with E-state index in [2.05, 4.69) is 5.32 Å². The van der Waals surface area contributed by atoms with Crippen LogP contribution in [0.5, 0.6) is 5.75 Å². The third kappa shape index (κ3) is 5.00. The molecule has 1 amide bonds. The first-order valence-electron chi connectivity index (χ1n) is 10.9. The zero-order chi connectivity index (χ0) is 23.3. The van der Waals surface area contributed by atoms with E-state index >= 15 is 0 Å². The minimum absolute atomic E-state index is 0.0148. The van der Waals surface area contributed by atoms with Gasteiger partial charge in [-0.15, -0.1) is 0 Å². The molecule has 1 aliphatic heterocycles. The third-order valence-electron chi connectivity index (χ3n) is 5.86. The molecule has 0 radical (unpaired) electrons. The normalized spacial score (nSPS) is 15.1. The molecule has 3 aromatic rings. The van der Waals surface area contributed by atoms with Crippen molar-refractivity contribution < 1.29 is 17.9 Å². The minimum Gasteiger partial charge on any atom is -0.491 e. The molecule has 0 aromatic heterocycles. The topological polar surface area (TPSA) is 99.5 Å². The van der Waals surface area contributed by atoms with E-state index < -0.39 is 10.0 Å². The molecule has 170 valence electrons. The quantitative estimate of drug-likeness (QED) is 0.542. The van der Waals surface area contributed by atoms with Crippen molar-refractivity contribution in [3.63, 3.8) is 0 Å². The summed E-state index contributed by atoms with van der Waals surface area (Å²) in [7, 11) is -3.76. The predicted octanol–water partition coefficient (Wildman–Crippen LogP) is 3.31. The van der Waals surface area contributed by atoms with Crippen LogP contribution < -0.4 is 10.1 Å². The molecule has 33 heavy (non-hydrogen) atoms. The highest BCUT2D eigenvalue weighted by atomic mass is 32.2. The van der Waals surface area contributed by atoms with Crippen molar-refractivity contribution in [1.82, 2.24) is 9.62 Å². The number of amides is 1. The molecule has 7 nitrogen and oxygen atoms in total. The summed E-state index contributed by atoms with van der Waals surface area (Å²) in [6, 6.07) is 21.9. The molecule has 0 bridgehead atoms. The van der Waals surface area contributed by atoms with Gasteiger partial charge in [-0.05, 0) is 36.4 Å². The fourth-order valence-electron chi connectivity index (χ4n) is 4.08. The Kier molecular flexibility index (Phi) is 6.92. The average molecular weight is 464 g/mol. The van der Waals surface area contributed by atoms with Crippen molar-refractivity contribution in [2.24, 2.45) is 5.92 Å². The first-order valence-corrected chi connectivity index (χ1v) is 12.3. The molecular formula is C25H25N3O4S.